The first kappa shape index (κ1) is 20.2. The molecule has 168 valence electrons. The zero-order valence-corrected chi connectivity index (χ0v) is 18.9. The third kappa shape index (κ3) is 3.79. The molecule has 0 saturated carbocycles. The molecular formula is C24H28N4O3S. The summed E-state index contributed by atoms with van der Waals surface area (Å²) < 4.78 is 24.2. The van der Waals surface area contributed by atoms with E-state index in [1.54, 1.807) is 0 Å². The Hall–Kier alpha value is -2.45. The van der Waals surface area contributed by atoms with E-state index in [9.17, 15) is 4.21 Å². The van der Waals surface area contributed by atoms with Gasteiger partial charge in [-0.1, -0.05) is 18.2 Å². The van der Waals surface area contributed by atoms with E-state index in [1.807, 2.05) is 12.1 Å². The predicted molar refractivity (Wildman–Crippen MR) is 125 cm³/mol. The fourth-order valence-electron chi connectivity index (χ4n) is 5.03. The Morgan fingerprint density at radius 3 is 2.69 bits per heavy atom. The molecule has 0 spiro atoms. The molecule has 32 heavy (non-hydrogen) atoms. The highest BCUT2D eigenvalue weighted by Crippen LogP contribution is 2.35. The highest BCUT2D eigenvalue weighted by Gasteiger charge is 2.30. The largest absolute Gasteiger partial charge is 0.461 e. The number of aromatic nitrogens is 2. The lowest BCUT2D eigenvalue weighted by Gasteiger charge is -2.32. The number of piperidine rings is 1. The van der Waals surface area contributed by atoms with E-state index in [0.717, 1.165) is 92.1 Å². The average molecular weight is 453 g/mol. The lowest BCUT2D eigenvalue weighted by atomic mass is 9.94. The molecule has 1 N–H and O–H groups in total. The fourth-order valence-corrected chi connectivity index (χ4v) is 6.34. The molecule has 0 radical (unpaired) electrons. The van der Waals surface area contributed by atoms with Gasteiger partial charge in [0.25, 0.3) is 0 Å². The molecule has 3 aliphatic heterocycles. The van der Waals surface area contributed by atoms with Crippen LogP contribution in [0.2, 0.25) is 0 Å². The maximum Gasteiger partial charge on any atom is 0.227 e. The van der Waals surface area contributed by atoms with E-state index in [1.165, 1.54) is 5.39 Å². The van der Waals surface area contributed by atoms with E-state index in [-0.39, 0.29) is 0 Å². The van der Waals surface area contributed by atoms with Crippen molar-refractivity contribution in [3.63, 3.8) is 0 Å². The molecule has 2 fully saturated rings. The van der Waals surface area contributed by atoms with Crippen LogP contribution in [0.15, 0.2) is 39.6 Å². The van der Waals surface area contributed by atoms with Gasteiger partial charge in [-0.3, -0.25) is 4.21 Å². The maximum atomic E-state index is 12.6. The fraction of sp³-hybridized carbons (Fsp3) is 0.500. The molecule has 1 unspecified atom stereocenters. The SMILES string of the molecule is O=S1CCc2nc(N3CCC(c4cc5ccccc5o4)CC3)nc(NC3CCOCC3)c21. The molecule has 2 aromatic heterocycles. The normalized spacial score (nSPS) is 22.4. The van der Waals surface area contributed by atoms with Gasteiger partial charge in [0, 0.05) is 55.8 Å². The molecule has 2 saturated heterocycles. The van der Waals surface area contributed by atoms with Crippen LogP contribution in [0.1, 0.15) is 43.1 Å². The van der Waals surface area contributed by atoms with Crippen molar-refractivity contribution < 1.29 is 13.4 Å². The van der Waals surface area contributed by atoms with Gasteiger partial charge in [-0.2, -0.15) is 4.98 Å². The molecule has 0 aliphatic carbocycles. The van der Waals surface area contributed by atoms with Gasteiger partial charge in [0.2, 0.25) is 5.95 Å². The van der Waals surface area contributed by atoms with Gasteiger partial charge < -0.3 is 19.4 Å². The number of aryl methyl sites for hydroxylation is 1. The summed E-state index contributed by atoms with van der Waals surface area (Å²) in [7, 11) is -1.02. The molecule has 7 nitrogen and oxygen atoms in total. The smallest absolute Gasteiger partial charge is 0.227 e. The van der Waals surface area contributed by atoms with Gasteiger partial charge in [-0.15, -0.1) is 0 Å². The minimum Gasteiger partial charge on any atom is -0.461 e. The lowest BCUT2D eigenvalue weighted by molar-refractivity contribution is 0.0903. The second-order valence-corrected chi connectivity index (χ2v) is 10.4. The summed E-state index contributed by atoms with van der Waals surface area (Å²) in [6, 6.07) is 10.7. The number of furan rings is 1. The van der Waals surface area contributed by atoms with Crippen molar-refractivity contribution in [1.29, 1.82) is 0 Å². The minimum absolute atomic E-state index is 0.312. The lowest BCUT2D eigenvalue weighted by Crippen LogP contribution is -2.35. The van der Waals surface area contributed by atoms with Crippen LogP contribution in [0, 0.1) is 0 Å². The van der Waals surface area contributed by atoms with E-state index in [2.05, 4.69) is 28.4 Å². The van der Waals surface area contributed by atoms with Gasteiger partial charge in [0.1, 0.15) is 22.1 Å². The monoisotopic (exact) mass is 452 g/mol. The summed E-state index contributed by atoms with van der Waals surface area (Å²) in [5, 5.41) is 4.74. The molecule has 0 amide bonds. The molecule has 0 bridgehead atoms. The van der Waals surface area contributed by atoms with E-state index < -0.39 is 10.8 Å². The zero-order chi connectivity index (χ0) is 21.5. The maximum absolute atomic E-state index is 12.6. The highest BCUT2D eigenvalue weighted by atomic mass is 32.2. The highest BCUT2D eigenvalue weighted by molar-refractivity contribution is 7.85. The molecule has 3 aromatic rings. The summed E-state index contributed by atoms with van der Waals surface area (Å²) in [5.41, 5.74) is 1.91. The Labute approximate surface area is 190 Å². The number of ether oxygens (including phenoxy) is 1. The Balaban J connectivity index is 1.21. The topological polar surface area (TPSA) is 80.5 Å². The third-order valence-electron chi connectivity index (χ3n) is 6.86. The number of anilines is 2. The van der Waals surface area contributed by atoms with Crippen molar-refractivity contribution in [2.24, 2.45) is 0 Å². The summed E-state index contributed by atoms with van der Waals surface area (Å²) in [6.45, 7) is 3.30. The summed E-state index contributed by atoms with van der Waals surface area (Å²) in [5.74, 6) is 3.68. The quantitative estimate of drug-likeness (QED) is 0.644. The number of nitrogens with one attached hydrogen (secondary N) is 1. The Kier molecular flexibility index (Phi) is 5.35. The molecular weight excluding hydrogens is 424 g/mol. The van der Waals surface area contributed by atoms with Crippen LogP contribution in [0.25, 0.3) is 11.0 Å². The van der Waals surface area contributed by atoms with E-state index in [0.29, 0.717) is 17.7 Å². The summed E-state index contributed by atoms with van der Waals surface area (Å²) in [4.78, 5) is 12.8. The van der Waals surface area contributed by atoms with Crippen molar-refractivity contribution >= 4 is 33.5 Å². The third-order valence-corrected chi connectivity index (χ3v) is 8.32. The minimum atomic E-state index is -1.02. The van der Waals surface area contributed by atoms with Gasteiger partial charge >= 0.3 is 0 Å². The zero-order valence-electron chi connectivity index (χ0n) is 18.1. The number of para-hydroxylation sites is 1. The van der Waals surface area contributed by atoms with Crippen LogP contribution in [0.3, 0.4) is 0 Å². The second-order valence-electron chi connectivity index (χ2n) is 8.93. The van der Waals surface area contributed by atoms with E-state index >= 15 is 0 Å². The van der Waals surface area contributed by atoms with Crippen molar-refractivity contribution in [1.82, 2.24) is 9.97 Å². The number of nitrogens with zero attached hydrogens (tertiary/aromatic N) is 3. The molecule has 5 heterocycles. The first-order valence-electron chi connectivity index (χ1n) is 11.6. The van der Waals surface area contributed by atoms with Crippen LogP contribution >= 0.6 is 0 Å². The van der Waals surface area contributed by atoms with Crippen molar-refractivity contribution in [2.45, 2.75) is 49.0 Å². The molecule has 1 atom stereocenters. The van der Waals surface area contributed by atoms with E-state index in [4.69, 9.17) is 19.1 Å². The number of rotatable bonds is 4. The second kappa shape index (κ2) is 8.48. The number of fused-ring (bicyclic) bond motifs is 2. The van der Waals surface area contributed by atoms with Crippen LogP contribution in [0.5, 0.6) is 0 Å². The number of hydrogen-bond acceptors (Lipinski definition) is 7. The average Bonchev–Trinajstić information content (AvgIpc) is 3.44. The van der Waals surface area contributed by atoms with Gasteiger partial charge in [-0.25, -0.2) is 4.98 Å². The molecule has 8 heteroatoms. The Morgan fingerprint density at radius 1 is 1.06 bits per heavy atom. The molecule has 3 aliphatic rings. The Bertz CT molecular complexity index is 1120. The van der Waals surface area contributed by atoms with Crippen LogP contribution in [-0.4, -0.2) is 52.3 Å². The number of benzene rings is 1. The first-order valence-corrected chi connectivity index (χ1v) is 12.9. The van der Waals surface area contributed by atoms with Gasteiger partial charge in [0.05, 0.1) is 16.5 Å². The van der Waals surface area contributed by atoms with Crippen LogP contribution in [-0.2, 0) is 22.0 Å². The first-order chi connectivity index (χ1) is 15.7. The Morgan fingerprint density at radius 2 is 1.88 bits per heavy atom. The van der Waals surface area contributed by atoms with Gasteiger partial charge in [0.15, 0.2) is 0 Å². The standard InChI is InChI=1S/C24H28N4O3S/c29-32-14-9-19-22(32)23(25-18-7-12-30-13-8-18)27-24(26-19)28-10-5-16(6-11-28)21-15-17-3-1-2-4-20(17)31-21/h1-4,15-16,18H,5-14H2,(H,25,26,27). The predicted octanol–water partition coefficient (Wildman–Crippen LogP) is 3.86. The summed E-state index contributed by atoms with van der Waals surface area (Å²) in [6.07, 6.45) is 4.67. The van der Waals surface area contributed by atoms with Crippen molar-refractivity contribution in [3.05, 3.63) is 41.8 Å². The van der Waals surface area contributed by atoms with Gasteiger partial charge in [-0.05, 0) is 37.8 Å². The summed E-state index contributed by atoms with van der Waals surface area (Å²) >= 11 is 0. The molecule has 6 rings (SSSR count). The van der Waals surface area contributed by atoms with Crippen molar-refractivity contribution in [3.8, 4) is 0 Å². The molecule has 1 aromatic carbocycles. The van der Waals surface area contributed by atoms with Crippen LogP contribution in [0.4, 0.5) is 11.8 Å². The van der Waals surface area contributed by atoms with Crippen LogP contribution < -0.4 is 10.2 Å². The van der Waals surface area contributed by atoms with Crippen molar-refractivity contribution in [2.75, 3.05) is 42.3 Å². The number of hydrogen-bond donors (Lipinski definition) is 1.